The Balaban J connectivity index is 3.22. The topological polar surface area (TPSA) is 76.4 Å². The lowest BCUT2D eigenvalue weighted by molar-refractivity contribution is -0.118. The molecule has 0 aromatic carbocycles. The van der Waals surface area contributed by atoms with E-state index in [1.807, 2.05) is 0 Å². The first-order valence-corrected chi connectivity index (χ1v) is 4.86. The van der Waals surface area contributed by atoms with Gasteiger partial charge in [0.1, 0.15) is 0 Å². The largest absolute Gasteiger partial charge is 0.383 e. The number of hydrogen-bond donors (Lipinski definition) is 3. The van der Waals surface area contributed by atoms with E-state index < -0.39 is 0 Å². The van der Waals surface area contributed by atoms with Gasteiger partial charge in [-0.15, -0.1) is 0 Å². The van der Waals surface area contributed by atoms with Crippen molar-refractivity contribution in [2.45, 2.75) is 12.8 Å². The molecule has 0 unspecified atom stereocenters. The van der Waals surface area contributed by atoms with Gasteiger partial charge in [-0.1, -0.05) is 0 Å². The molecule has 0 bridgehead atoms. The Labute approximate surface area is 89.4 Å². The third-order valence-corrected chi connectivity index (χ3v) is 1.77. The fourth-order valence-corrected chi connectivity index (χ4v) is 0.998. The maximum atomic E-state index is 10.4. The summed E-state index contributed by atoms with van der Waals surface area (Å²) in [4.78, 5) is 10.4. The van der Waals surface area contributed by atoms with Gasteiger partial charge in [0, 0.05) is 26.6 Å². The third kappa shape index (κ3) is 9.21. The van der Waals surface area contributed by atoms with Crippen LogP contribution in [-0.4, -0.2) is 37.8 Å². The minimum absolute atomic E-state index is 0.287. The number of nitrogens with two attached hydrogens (primary N) is 1. The molecule has 0 aliphatic heterocycles. The SMILES string of the molecule is COCCNC(=S)NCCCC(N)=O. The van der Waals surface area contributed by atoms with Crippen LogP contribution in [0.2, 0.25) is 0 Å². The number of hydrogen-bond acceptors (Lipinski definition) is 3. The summed E-state index contributed by atoms with van der Waals surface area (Å²) in [5.41, 5.74) is 4.98. The van der Waals surface area contributed by atoms with E-state index in [1.54, 1.807) is 7.11 Å². The molecule has 14 heavy (non-hydrogen) atoms. The van der Waals surface area contributed by atoms with Crippen LogP contribution < -0.4 is 16.4 Å². The Kier molecular flexibility index (Phi) is 8.16. The van der Waals surface area contributed by atoms with Crippen molar-refractivity contribution < 1.29 is 9.53 Å². The summed E-state index contributed by atoms with van der Waals surface area (Å²) < 4.78 is 4.84. The molecule has 0 aliphatic rings. The normalized spacial score (nSPS) is 9.50. The minimum atomic E-state index is -0.287. The highest BCUT2D eigenvalue weighted by Gasteiger charge is 1.96. The van der Waals surface area contributed by atoms with E-state index in [-0.39, 0.29) is 5.91 Å². The van der Waals surface area contributed by atoms with Gasteiger partial charge in [-0.3, -0.25) is 4.79 Å². The van der Waals surface area contributed by atoms with Gasteiger partial charge in [-0.2, -0.15) is 0 Å². The number of ether oxygens (including phenoxy) is 1. The fraction of sp³-hybridized carbons (Fsp3) is 0.750. The Morgan fingerprint density at radius 2 is 2.07 bits per heavy atom. The van der Waals surface area contributed by atoms with E-state index in [2.05, 4.69) is 10.6 Å². The van der Waals surface area contributed by atoms with Crippen LogP contribution in [0.4, 0.5) is 0 Å². The second-order valence-electron chi connectivity index (χ2n) is 2.75. The first-order valence-electron chi connectivity index (χ1n) is 4.45. The molecule has 0 atom stereocenters. The van der Waals surface area contributed by atoms with Crippen LogP contribution in [-0.2, 0) is 9.53 Å². The van der Waals surface area contributed by atoms with Crippen molar-refractivity contribution in [1.82, 2.24) is 10.6 Å². The van der Waals surface area contributed by atoms with Crippen LogP contribution >= 0.6 is 12.2 Å². The molecule has 0 saturated carbocycles. The molecular formula is C8H17N3O2S. The predicted molar refractivity (Wildman–Crippen MR) is 58.9 cm³/mol. The van der Waals surface area contributed by atoms with Crippen molar-refractivity contribution in [3.8, 4) is 0 Å². The maximum absolute atomic E-state index is 10.4. The van der Waals surface area contributed by atoms with Gasteiger partial charge in [0.05, 0.1) is 6.61 Å². The van der Waals surface area contributed by atoms with E-state index >= 15 is 0 Å². The quantitative estimate of drug-likeness (QED) is 0.392. The van der Waals surface area contributed by atoms with Crippen molar-refractivity contribution in [3.63, 3.8) is 0 Å². The minimum Gasteiger partial charge on any atom is -0.383 e. The van der Waals surface area contributed by atoms with Gasteiger partial charge >= 0.3 is 0 Å². The average molecular weight is 219 g/mol. The summed E-state index contributed by atoms with van der Waals surface area (Å²) in [6.45, 7) is 1.95. The van der Waals surface area contributed by atoms with Gasteiger partial charge < -0.3 is 21.1 Å². The second kappa shape index (κ2) is 8.71. The van der Waals surface area contributed by atoms with Crippen molar-refractivity contribution >= 4 is 23.2 Å². The van der Waals surface area contributed by atoms with Gasteiger partial charge in [0.25, 0.3) is 0 Å². The number of rotatable bonds is 7. The number of carbonyl (C=O) groups excluding carboxylic acids is 1. The molecule has 0 aromatic heterocycles. The van der Waals surface area contributed by atoms with E-state index in [9.17, 15) is 4.79 Å². The third-order valence-electron chi connectivity index (χ3n) is 1.48. The molecule has 0 aromatic rings. The van der Waals surface area contributed by atoms with Gasteiger partial charge in [0.2, 0.25) is 5.91 Å². The number of methoxy groups -OCH3 is 1. The summed E-state index contributed by atoms with van der Waals surface area (Å²) in [6.07, 6.45) is 1.08. The van der Waals surface area contributed by atoms with Crippen LogP contribution in [0.3, 0.4) is 0 Å². The molecule has 0 spiro atoms. The van der Waals surface area contributed by atoms with Gasteiger partial charge in [-0.25, -0.2) is 0 Å². The lowest BCUT2D eigenvalue weighted by atomic mass is 10.3. The van der Waals surface area contributed by atoms with Crippen LogP contribution in [0.25, 0.3) is 0 Å². The first-order chi connectivity index (χ1) is 6.66. The van der Waals surface area contributed by atoms with Crippen molar-refractivity contribution in [2.75, 3.05) is 26.8 Å². The van der Waals surface area contributed by atoms with E-state index in [0.29, 0.717) is 37.7 Å². The highest BCUT2D eigenvalue weighted by molar-refractivity contribution is 7.80. The molecule has 4 N–H and O–H groups in total. The highest BCUT2D eigenvalue weighted by Crippen LogP contribution is 1.83. The molecule has 0 saturated heterocycles. The zero-order chi connectivity index (χ0) is 10.8. The fourth-order valence-electron chi connectivity index (χ4n) is 0.794. The first kappa shape index (κ1) is 13.1. The van der Waals surface area contributed by atoms with E-state index in [0.717, 1.165) is 0 Å². The smallest absolute Gasteiger partial charge is 0.217 e. The number of nitrogens with one attached hydrogen (secondary N) is 2. The van der Waals surface area contributed by atoms with Crippen LogP contribution in [0.15, 0.2) is 0 Å². The summed E-state index contributed by atoms with van der Waals surface area (Å²) in [7, 11) is 1.63. The molecule has 0 fully saturated rings. The molecule has 82 valence electrons. The number of amides is 1. The van der Waals surface area contributed by atoms with Gasteiger partial charge in [0.15, 0.2) is 5.11 Å². The average Bonchev–Trinajstić information content (AvgIpc) is 2.13. The summed E-state index contributed by atoms with van der Waals surface area (Å²) in [5, 5.41) is 6.48. The van der Waals surface area contributed by atoms with E-state index in [1.165, 1.54) is 0 Å². The molecule has 6 heteroatoms. The van der Waals surface area contributed by atoms with Crippen molar-refractivity contribution in [3.05, 3.63) is 0 Å². The standard InChI is InChI=1S/C8H17N3O2S/c1-13-6-5-11-8(14)10-4-2-3-7(9)12/h2-6H2,1H3,(H2,9,12)(H2,10,11,14). The molecule has 0 radical (unpaired) electrons. The highest BCUT2D eigenvalue weighted by atomic mass is 32.1. The molecular weight excluding hydrogens is 202 g/mol. The van der Waals surface area contributed by atoms with Gasteiger partial charge in [-0.05, 0) is 18.6 Å². The summed E-state index contributed by atoms with van der Waals surface area (Å²) in [5.74, 6) is -0.287. The maximum Gasteiger partial charge on any atom is 0.217 e. The van der Waals surface area contributed by atoms with Crippen molar-refractivity contribution in [2.24, 2.45) is 5.73 Å². The lowest BCUT2D eigenvalue weighted by Crippen LogP contribution is -2.37. The lowest BCUT2D eigenvalue weighted by Gasteiger charge is -2.09. The molecule has 0 heterocycles. The molecule has 0 rings (SSSR count). The summed E-state index contributed by atoms with van der Waals surface area (Å²) >= 11 is 4.95. The van der Waals surface area contributed by atoms with E-state index in [4.69, 9.17) is 22.7 Å². The predicted octanol–water partition coefficient (Wildman–Crippen LogP) is -0.638. The monoisotopic (exact) mass is 219 g/mol. The Hall–Kier alpha value is -0.880. The molecule has 5 nitrogen and oxygen atoms in total. The zero-order valence-corrected chi connectivity index (χ0v) is 9.15. The second-order valence-corrected chi connectivity index (χ2v) is 3.15. The Bertz CT molecular complexity index is 187. The zero-order valence-electron chi connectivity index (χ0n) is 8.34. The van der Waals surface area contributed by atoms with Crippen LogP contribution in [0.5, 0.6) is 0 Å². The molecule has 0 aliphatic carbocycles. The van der Waals surface area contributed by atoms with Crippen LogP contribution in [0, 0.1) is 0 Å². The number of carbonyl (C=O) groups is 1. The van der Waals surface area contributed by atoms with Crippen molar-refractivity contribution in [1.29, 1.82) is 0 Å². The van der Waals surface area contributed by atoms with Crippen LogP contribution in [0.1, 0.15) is 12.8 Å². The molecule has 1 amide bonds. The number of primary amides is 1. The Morgan fingerprint density at radius 1 is 1.43 bits per heavy atom. The Morgan fingerprint density at radius 3 is 2.64 bits per heavy atom. The number of thiocarbonyl (C=S) groups is 1. The summed E-state index contributed by atoms with van der Waals surface area (Å²) in [6, 6.07) is 0.